The zero-order chi connectivity index (χ0) is 16.7. The van der Waals surface area contributed by atoms with Crippen LogP contribution in [0.5, 0.6) is 0 Å². The van der Waals surface area contributed by atoms with Gasteiger partial charge in [-0.3, -0.25) is 9.59 Å². The summed E-state index contributed by atoms with van der Waals surface area (Å²) in [6.45, 7) is 7.58. The van der Waals surface area contributed by atoms with E-state index in [4.69, 9.17) is 4.74 Å². The van der Waals surface area contributed by atoms with E-state index < -0.39 is 6.04 Å². The van der Waals surface area contributed by atoms with Crippen LogP contribution >= 0.6 is 0 Å². The van der Waals surface area contributed by atoms with Gasteiger partial charge in [0.25, 0.3) is 0 Å². The van der Waals surface area contributed by atoms with Crippen molar-refractivity contribution in [1.82, 2.24) is 10.2 Å². The summed E-state index contributed by atoms with van der Waals surface area (Å²) in [5, 5.41) is 2.87. The number of rotatable bonds is 9. The summed E-state index contributed by atoms with van der Waals surface area (Å²) in [6, 6.07) is -0.463. The van der Waals surface area contributed by atoms with E-state index in [9.17, 15) is 9.59 Å². The molecule has 1 amide bonds. The van der Waals surface area contributed by atoms with E-state index in [-0.39, 0.29) is 24.4 Å². The lowest BCUT2D eigenvalue weighted by molar-refractivity contribution is -0.126. The lowest BCUT2D eigenvalue weighted by atomic mass is 9.92. The van der Waals surface area contributed by atoms with Crippen molar-refractivity contribution < 1.29 is 14.3 Å². The van der Waals surface area contributed by atoms with Crippen molar-refractivity contribution in [2.45, 2.75) is 58.6 Å². The zero-order valence-corrected chi connectivity index (χ0v) is 14.7. The van der Waals surface area contributed by atoms with Crippen molar-refractivity contribution >= 4 is 11.7 Å². The highest BCUT2D eigenvalue weighted by atomic mass is 16.5. The summed E-state index contributed by atoms with van der Waals surface area (Å²) in [4.78, 5) is 26.0. The SMILES string of the molecule is CC(C)C(C)CCCC(=O)NC1C(=O)COC1CCN(C)C. The summed E-state index contributed by atoms with van der Waals surface area (Å²) in [7, 11) is 3.97. The fraction of sp³-hybridized carbons (Fsp3) is 0.882. The number of ether oxygens (including phenoxy) is 1. The van der Waals surface area contributed by atoms with Crippen molar-refractivity contribution in [3.05, 3.63) is 0 Å². The molecule has 0 spiro atoms. The van der Waals surface area contributed by atoms with Gasteiger partial charge in [-0.25, -0.2) is 0 Å². The van der Waals surface area contributed by atoms with Gasteiger partial charge in [0.15, 0.2) is 5.78 Å². The van der Waals surface area contributed by atoms with Crippen LogP contribution in [0, 0.1) is 11.8 Å². The van der Waals surface area contributed by atoms with Gasteiger partial charge in [-0.15, -0.1) is 0 Å². The molecule has 22 heavy (non-hydrogen) atoms. The molecule has 1 heterocycles. The number of nitrogens with zero attached hydrogens (tertiary/aromatic N) is 1. The molecule has 5 heteroatoms. The largest absolute Gasteiger partial charge is 0.368 e. The topological polar surface area (TPSA) is 58.6 Å². The molecule has 0 radical (unpaired) electrons. The molecule has 0 aromatic heterocycles. The molecule has 0 aromatic rings. The number of carbonyl (C=O) groups excluding carboxylic acids is 2. The van der Waals surface area contributed by atoms with Crippen LogP contribution in [0.2, 0.25) is 0 Å². The standard InChI is InChI=1S/C17H32N2O3/c1-12(2)13(3)7-6-8-16(21)18-17-14(20)11-22-15(17)9-10-19(4)5/h12-13,15,17H,6-11H2,1-5H3,(H,18,21). The zero-order valence-electron chi connectivity index (χ0n) is 14.7. The van der Waals surface area contributed by atoms with E-state index in [1.807, 2.05) is 14.1 Å². The third-order valence-electron chi connectivity index (χ3n) is 4.54. The van der Waals surface area contributed by atoms with E-state index in [0.29, 0.717) is 18.3 Å². The van der Waals surface area contributed by atoms with Crippen LogP contribution in [-0.2, 0) is 14.3 Å². The Balaban J connectivity index is 2.35. The lowest BCUT2D eigenvalue weighted by Gasteiger charge is -2.20. The van der Waals surface area contributed by atoms with Crippen LogP contribution in [-0.4, -0.2) is 56.0 Å². The number of Topliss-reactive ketones (excluding diaryl/α,β-unsaturated/α-hetero) is 1. The van der Waals surface area contributed by atoms with E-state index in [0.717, 1.165) is 25.8 Å². The molecule has 0 aromatic carbocycles. The molecule has 1 saturated heterocycles. The van der Waals surface area contributed by atoms with Crippen LogP contribution in [0.4, 0.5) is 0 Å². The van der Waals surface area contributed by atoms with Crippen LogP contribution in [0.15, 0.2) is 0 Å². The highest BCUT2D eigenvalue weighted by Gasteiger charge is 2.36. The van der Waals surface area contributed by atoms with E-state index in [1.54, 1.807) is 0 Å². The maximum Gasteiger partial charge on any atom is 0.220 e. The van der Waals surface area contributed by atoms with Gasteiger partial charge in [-0.05, 0) is 45.2 Å². The van der Waals surface area contributed by atoms with Gasteiger partial charge in [0.2, 0.25) is 5.91 Å². The summed E-state index contributed by atoms with van der Waals surface area (Å²) in [5.41, 5.74) is 0. The van der Waals surface area contributed by atoms with Gasteiger partial charge in [0, 0.05) is 13.0 Å². The van der Waals surface area contributed by atoms with Gasteiger partial charge in [0.1, 0.15) is 12.6 Å². The third-order valence-corrected chi connectivity index (χ3v) is 4.54. The molecule has 3 unspecified atom stereocenters. The Morgan fingerprint density at radius 1 is 1.36 bits per heavy atom. The molecule has 0 saturated carbocycles. The molecule has 0 bridgehead atoms. The minimum atomic E-state index is -0.463. The number of carbonyl (C=O) groups is 2. The van der Waals surface area contributed by atoms with E-state index in [2.05, 4.69) is 31.0 Å². The van der Waals surface area contributed by atoms with Crippen molar-refractivity contribution in [2.24, 2.45) is 11.8 Å². The normalized spacial score (nSPS) is 23.3. The molecule has 1 aliphatic heterocycles. The lowest BCUT2D eigenvalue weighted by Crippen LogP contribution is -2.45. The molecule has 3 atom stereocenters. The highest BCUT2D eigenvalue weighted by Crippen LogP contribution is 2.18. The smallest absolute Gasteiger partial charge is 0.220 e. The van der Waals surface area contributed by atoms with E-state index in [1.165, 1.54) is 0 Å². The number of hydrogen-bond acceptors (Lipinski definition) is 4. The molecule has 1 N–H and O–H groups in total. The molecular formula is C17H32N2O3. The minimum Gasteiger partial charge on any atom is -0.368 e. The Labute approximate surface area is 134 Å². The Kier molecular flexibility index (Phi) is 8.04. The summed E-state index contributed by atoms with van der Waals surface area (Å²) in [5.74, 6) is 1.22. The van der Waals surface area contributed by atoms with Crippen molar-refractivity contribution in [3.63, 3.8) is 0 Å². The summed E-state index contributed by atoms with van der Waals surface area (Å²) < 4.78 is 5.51. The van der Waals surface area contributed by atoms with Gasteiger partial charge < -0.3 is 15.0 Å². The van der Waals surface area contributed by atoms with Gasteiger partial charge >= 0.3 is 0 Å². The quantitative estimate of drug-likeness (QED) is 0.706. The predicted octanol–water partition coefficient (Wildman–Crippen LogP) is 1.85. The molecule has 1 rings (SSSR count). The molecule has 1 fully saturated rings. The van der Waals surface area contributed by atoms with Crippen LogP contribution in [0.1, 0.15) is 46.5 Å². The van der Waals surface area contributed by atoms with E-state index >= 15 is 0 Å². The first-order valence-corrected chi connectivity index (χ1v) is 8.39. The van der Waals surface area contributed by atoms with Crippen LogP contribution in [0.3, 0.4) is 0 Å². The number of hydrogen-bond donors (Lipinski definition) is 1. The second-order valence-electron chi connectivity index (χ2n) is 7.07. The Bertz CT molecular complexity index is 369. The average Bonchev–Trinajstić information content (AvgIpc) is 2.77. The molecule has 128 valence electrons. The molecular weight excluding hydrogens is 280 g/mol. The maximum atomic E-state index is 12.1. The molecule has 5 nitrogen and oxygen atoms in total. The second-order valence-corrected chi connectivity index (χ2v) is 7.07. The molecule has 1 aliphatic rings. The summed E-state index contributed by atoms with van der Waals surface area (Å²) in [6.07, 6.45) is 2.97. The van der Waals surface area contributed by atoms with Gasteiger partial charge in [-0.1, -0.05) is 20.8 Å². The molecule has 0 aliphatic carbocycles. The first kappa shape index (κ1) is 19.1. The third kappa shape index (κ3) is 6.44. The number of nitrogens with one attached hydrogen (secondary N) is 1. The van der Waals surface area contributed by atoms with Crippen LogP contribution < -0.4 is 5.32 Å². The minimum absolute atomic E-state index is 0.00680. The van der Waals surface area contributed by atoms with Gasteiger partial charge in [-0.2, -0.15) is 0 Å². The Morgan fingerprint density at radius 3 is 2.64 bits per heavy atom. The van der Waals surface area contributed by atoms with Crippen molar-refractivity contribution in [3.8, 4) is 0 Å². The Morgan fingerprint density at radius 2 is 2.05 bits per heavy atom. The Hall–Kier alpha value is -0.940. The van der Waals surface area contributed by atoms with Crippen LogP contribution in [0.25, 0.3) is 0 Å². The first-order chi connectivity index (χ1) is 10.3. The van der Waals surface area contributed by atoms with Crippen molar-refractivity contribution in [1.29, 1.82) is 0 Å². The average molecular weight is 312 g/mol. The predicted molar refractivity (Wildman–Crippen MR) is 87.7 cm³/mol. The fourth-order valence-electron chi connectivity index (χ4n) is 2.55. The fourth-order valence-corrected chi connectivity index (χ4v) is 2.55. The monoisotopic (exact) mass is 312 g/mol. The van der Waals surface area contributed by atoms with Gasteiger partial charge in [0.05, 0.1) is 6.10 Å². The second kappa shape index (κ2) is 9.26. The first-order valence-electron chi connectivity index (χ1n) is 8.39. The number of ketones is 1. The summed E-state index contributed by atoms with van der Waals surface area (Å²) >= 11 is 0. The highest BCUT2D eigenvalue weighted by molar-refractivity contribution is 5.91. The maximum absolute atomic E-state index is 12.1. The number of amides is 1. The van der Waals surface area contributed by atoms with Crippen molar-refractivity contribution in [2.75, 3.05) is 27.2 Å².